The van der Waals surface area contributed by atoms with Gasteiger partial charge in [0.15, 0.2) is 5.78 Å². The molecule has 0 saturated heterocycles. The lowest BCUT2D eigenvalue weighted by molar-refractivity contribution is -0.0771. The highest BCUT2D eigenvalue weighted by Gasteiger charge is 2.58. The normalized spacial score (nSPS) is 31.5. The van der Waals surface area contributed by atoms with Gasteiger partial charge in [-0.15, -0.1) is 0 Å². The lowest BCUT2D eigenvalue weighted by atomic mass is 9.46. The molecule has 0 aliphatic heterocycles. The van der Waals surface area contributed by atoms with Crippen LogP contribution in [0.5, 0.6) is 0 Å². The number of amides is 1. The maximum absolute atomic E-state index is 13.6. The number of rotatable bonds is 5. The van der Waals surface area contributed by atoms with Gasteiger partial charge >= 0.3 is 0 Å². The number of Topliss-reactive ketones (excluding diaryl/α,β-unsaturated/α-hetero) is 1. The average Bonchev–Trinajstić information content (AvgIpc) is 2.66. The zero-order valence-electron chi connectivity index (χ0n) is 16.7. The molecule has 4 nitrogen and oxygen atoms in total. The number of nitrogens with zero attached hydrogens (tertiary/aromatic N) is 1. The first-order valence-corrected chi connectivity index (χ1v) is 11.0. The van der Waals surface area contributed by atoms with Crippen LogP contribution in [0.4, 0.5) is 4.39 Å². The largest absolute Gasteiger partial charge is 0.345 e. The monoisotopic (exact) mass is 426 g/mol. The molecule has 0 spiro atoms. The summed E-state index contributed by atoms with van der Waals surface area (Å²) < 4.78 is 13.6. The molecule has 1 aromatic heterocycles. The van der Waals surface area contributed by atoms with E-state index in [2.05, 4.69) is 10.3 Å². The summed E-state index contributed by atoms with van der Waals surface area (Å²) in [7, 11) is 0. The SMILES string of the molecule is O=C(CC12CC3CC(C1)CC(NC(=O)c1cccc(Cl)n1)(C3)C2)c1cccc(F)c1. The Hall–Kier alpha value is -2.27. The number of nitrogens with one attached hydrogen (secondary N) is 1. The van der Waals surface area contributed by atoms with Gasteiger partial charge in [-0.3, -0.25) is 9.59 Å². The van der Waals surface area contributed by atoms with Crippen molar-refractivity contribution >= 4 is 23.3 Å². The van der Waals surface area contributed by atoms with Crippen LogP contribution in [0.15, 0.2) is 42.5 Å². The highest BCUT2D eigenvalue weighted by molar-refractivity contribution is 6.29. The Balaban J connectivity index is 1.38. The molecule has 4 aliphatic rings. The molecule has 6 heteroatoms. The number of carbonyl (C=O) groups is 2. The summed E-state index contributed by atoms with van der Waals surface area (Å²) in [5.41, 5.74) is 0.339. The van der Waals surface area contributed by atoms with Crippen LogP contribution in [0, 0.1) is 23.1 Å². The standard InChI is InChI=1S/C24H24ClFN2O2/c25-21-6-2-5-19(27-21)22(30)28-24-11-15-7-16(12-24)10-23(9-15,14-24)13-20(29)17-3-1-4-18(26)8-17/h1-6,8,15-16H,7,9-14H2,(H,28,30). The molecule has 1 N–H and O–H groups in total. The summed E-state index contributed by atoms with van der Waals surface area (Å²) in [6.07, 6.45) is 6.30. The molecule has 4 saturated carbocycles. The van der Waals surface area contributed by atoms with E-state index in [0.717, 1.165) is 32.1 Å². The summed E-state index contributed by atoms with van der Waals surface area (Å²) >= 11 is 5.96. The molecule has 4 fully saturated rings. The van der Waals surface area contributed by atoms with Crippen molar-refractivity contribution in [2.45, 2.75) is 50.5 Å². The second kappa shape index (κ2) is 7.16. The third kappa shape index (κ3) is 3.64. The molecular weight excluding hydrogens is 403 g/mol. The number of hydrogen-bond acceptors (Lipinski definition) is 3. The van der Waals surface area contributed by atoms with E-state index in [4.69, 9.17) is 11.6 Å². The highest BCUT2D eigenvalue weighted by Crippen LogP contribution is 2.63. The first-order valence-electron chi connectivity index (χ1n) is 10.6. The van der Waals surface area contributed by atoms with Gasteiger partial charge in [0.1, 0.15) is 16.7 Å². The van der Waals surface area contributed by atoms with E-state index >= 15 is 0 Å². The molecule has 4 bridgehead atoms. The van der Waals surface area contributed by atoms with Gasteiger partial charge in [0.2, 0.25) is 0 Å². The second-order valence-corrected chi connectivity index (χ2v) is 10.0. The van der Waals surface area contributed by atoms with Gasteiger partial charge < -0.3 is 5.32 Å². The molecule has 2 aromatic rings. The smallest absolute Gasteiger partial charge is 0.270 e. The van der Waals surface area contributed by atoms with Crippen molar-refractivity contribution < 1.29 is 14.0 Å². The minimum Gasteiger partial charge on any atom is -0.345 e. The lowest BCUT2D eigenvalue weighted by Crippen LogP contribution is -2.63. The van der Waals surface area contributed by atoms with E-state index in [0.29, 0.717) is 34.7 Å². The van der Waals surface area contributed by atoms with Crippen molar-refractivity contribution in [1.82, 2.24) is 10.3 Å². The van der Waals surface area contributed by atoms with Crippen LogP contribution < -0.4 is 5.32 Å². The zero-order valence-corrected chi connectivity index (χ0v) is 17.4. The first-order chi connectivity index (χ1) is 14.3. The van der Waals surface area contributed by atoms with Crippen molar-refractivity contribution in [3.05, 3.63) is 64.7 Å². The van der Waals surface area contributed by atoms with E-state index < -0.39 is 0 Å². The molecular formula is C24H24ClFN2O2. The predicted molar refractivity (Wildman–Crippen MR) is 112 cm³/mol. The van der Waals surface area contributed by atoms with Gasteiger partial charge in [-0.05, 0) is 80.0 Å². The lowest BCUT2D eigenvalue weighted by Gasteiger charge is -2.62. The fourth-order valence-corrected chi connectivity index (χ4v) is 6.91. The van der Waals surface area contributed by atoms with E-state index in [-0.39, 0.29) is 28.5 Å². The Bertz CT molecular complexity index is 932. The number of aromatic nitrogens is 1. The predicted octanol–water partition coefficient (Wildman–Crippen LogP) is 5.22. The Kier molecular flexibility index (Phi) is 4.69. The van der Waals surface area contributed by atoms with Crippen LogP contribution in [0.1, 0.15) is 65.8 Å². The summed E-state index contributed by atoms with van der Waals surface area (Å²) in [5, 5.41) is 3.58. The molecule has 156 valence electrons. The number of hydrogen-bond donors (Lipinski definition) is 1. The summed E-state index contributed by atoms with van der Waals surface area (Å²) in [4.78, 5) is 30.1. The third-order valence-electron chi connectivity index (χ3n) is 7.19. The van der Waals surface area contributed by atoms with Gasteiger partial charge in [0.05, 0.1) is 0 Å². The maximum atomic E-state index is 13.6. The number of pyridine rings is 1. The van der Waals surface area contributed by atoms with Gasteiger partial charge in [0.25, 0.3) is 5.91 Å². The summed E-state index contributed by atoms with van der Waals surface area (Å²) in [6, 6.07) is 11.0. The quantitative estimate of drug-likeness (QED) is 0.527. The van der Waals surface area contributed by atoms with E-state index in [9.17, 15) is 14.0 Å². The Morgan fingerprint density at radius 2 is 1.83 bits per heavy atom. The van der Waals surface area contributed by atoms with Gasteiger partial charge in [-0.1, -0.05) is 29.8 Å². The summed E-state index contributed by atoms with van der Waals surface area (Å²) in [6.45, 7) is 0. The number of carbonyl (C=O) groups excluding carboxylic acids is 2. The number of halogens is 2. The van der Waals surface area contributed by atoms with Gasteiger partial charge in [0, 0.05) is 17.5 Å². The average molecular weight is 427 g/mol. The maximum Gasteiger partial charge on any atom is 0.270 e. The van der Waals surface area contributed by atoms with E-state index in [1.165, 1.54) is 18.6 Å². The van der Waals surface area contributed by atoms with Crippen LogP contribution in [-0.2, 0) is 0 Å². The molecule has 2 unspecified atom stereocenters. The van der Waals surface area contributed by atoms with Crippen molar-refractivity contribution in [3.8, 4) is 0 Å². The fourth-order valence-electron chi connectivity index (χ4n) is 6.75. The van der Waals surface area contributed by atoms with Gasteiger partial charge in [-0.2, -0.15) is 0 Å². The van der Waals surface area contributed by atoms with Gasteiger partial charge in [-0.25, -0.2) is 9.37 Å². The Morgan fingerprint density at radius 3 is 2.53 bits per heavy atom. The van der Waals surface area contributed by atoms with Crippen LogP contribution >= 0.6 is 11.6 Å². The van der Waals surface area contributed by atoms with Crippen LogP contribution in [0.2, 0.25) is 5.15 Å². The van der Waals surface area contributed by atoms with Crippen LogP contribution in [0.25, 0.3) is 0 Å². The number of benzene rings is 1. The third-order valence-corrected chi connectivity index (χ3v) is 7.40. The Labute approximate surface area is 180 Å². The zero-order chi connectivity index (χ0) is 20.9. The minimum absolute atomic E-state index is 0.00515. The summed E-state index contributed by atoms with van der Waals surface area (Å²) in [5.74, 6) is 0.433. The number of ketones is 1. The first kappa shape index (κ1) is 19.7. The van der Waals surface area contributed by atoms with Crippen molar-refractivity contribution in [2.24, 2.45) is 17.3 Å². The molecule has 30 heavy (non-hydrogen) atoms. The molecule has 1 amide bonds. The van der Waals surface area contributed by atoms with E-state index in [1.807, 2.05) is 0 Å². The van der Waals surface area contributed by atoms with Crippen LogP contribution in [-0.4, -0.2) is 22.2 Å². The van der Waals surface area contributed by atoms with Crippen molar-refractivity contribution in [1.29, 1.82) is 0 Å². The van der Waals surface area contributed by atoms with E-state index in [1.54, 1.807) is 30.3 Å². The molecule has 4 aliphatic carbocycles. The van der Waals surface area contributed by atoms with Crippen LogP contribution in [0.3, 0.4) is 0 Å². The molecule has 2 atom stereocenters. The molecule has 1 aromatic carbocycles. The van der Waals surface area contributed by atoms with Crippen molar-refractivity contribution in [2.75, 3.05) is 0 Å². The topological polar surface area (TPSA) is 59.1 Å². The highest BCUT2D eigenvalue weighted by atomic mass is 35.5. The Morgan fingerprint density at radius 1 is 1.10 bits per heavy atom. The fraction of sp³-hybridized carbons (Fsp3) is 0.458. The molecule has 6 rings (SSSR count). The second-order valence-electron chi connectivity index (χ2n) is 9.65. The molecule has 1 heterocycles. The molecule has 0 radical (unpaired) electrons. The minimum atomic E-state index is -0.385. The van der Waals surface area contributed by atoms with Crippen molar-refractivity contribution in [3.63, 3.8) is 0 Å².